The van der Waals surface area contributed by atoms with E-state index in [-0.39, 0.29) is 11.9 Å². The predicted molar refractivity (Wildman–Crippen MR) is 161 cm³/mol. The van der Waals surface area contributed by atoms with Crippen molar-refractivity contribution in [1.82, 2.24) is 24.8 Å². The van der Waals surface area contributed by atoms with E-state index in [9.17, 15) is 9.59 Å². The SMILES string of the molecule is CC(C)Cc1nc(-c2ccc(NC(=O)Nc3ccc(C(=O)N(C)CCN(C)C)cc3)cc2)nc(N2CCOCC2)n1. The molecule has 0 aliphatic carbocycles. The first-order valence-electron chi connectivity index (χ1n) is 13.9. The Morgan fingerprint density at radius 2 is 1.49 bits per heavy atom. The minimum atomic E-state index is -0.381. The third-order valence-electron chi connectivity index (χ3n) is 6.57. The highest BCUT2D eigenvalue weighted by atomic mass is 16.5. The van der Waals surface area contributed by atoms with Crippen molar-refractivity contribution < 1.29 is 14.3 Å². The third-order valence-corrected chi connectivity index (χ3v) is 6.57. The van der Waals surface area contributed by atoms with E-state index in [1.54, 1.807) is 36.2 Å². The van der Waals surface area contributed by atoms with Gasteiger partial charge in [-0.1, -0.05) is 13.8 Å². The molecule has 0 atom stereocenters. The van der Waals surface area contributed by atoms with Gasteiger partial charge in [0.05, 0.1) is 13.2 Å². The lowest BCUT2D eigenvalue weighted by atomic mass is 10.1. The van der Waals surface area contributed by atoms with Crippen LogP contribution in [0.3, 0.4) is 0 Å². The van der Waals surface area contributed by atoms with Crippen LogP contribution in [-0.4, -0.2) is 97.2 Å². The maximum atomic E-state index is 12.6. The summed E-state index contributed by atoms with van der Waals surface area (Å²) in [6, 6.07) is 13.9. The van der Waals surface area contributed by atoms with Crippen LogP contribution in [0.2, 0.25) is 0 Å². The highest BCUT2D eigenvalue weighted by molar-refractivity contribution is 6.00. The molecular weight excluding hydrogens is 520 g/mol. The van der Waals surface area contributed by atoms with Crippen LogP contribution in [0.1, 0.15) is 30.0 Å². The minimum Gasteiger partial charge on any atom is -0.378 e. The van der Waals surface area contributed by atoms with Crippen LogP contribution in [0.25, 0.3) is 11.4 Å². The molecule has 11 nitrogen and oxygen atoms in total. The lowest BCUT2D eigenvalue weighted by Crippen LogP contribution is -2.37. The van der Waals surface area contributed by atoms with Gasteiger partial charge in [0, 0.05) is 62.1 Å². The van der Waals surface area contributed by atoms with E-state index in [0.29, 0.717) is 54.4 Å². The zero-order valence-electron chi connectivity index (χ0n) is 24.6. The lowest BCUT2D eigenvalue weighted by molar-refractivity contribution is 0.0786. The van der Waals surface area contributed by atoms with Crippen molar-refractivity contribution in [3.05, 3.63) is 59.9 Å². The Bertz CT molecular complexity index is 1310. The first kappa shape index (κ1) is 29.9. The standard InChI is InChI=1S/C30H40N8O3/c1-21(2)20-26-33-27(35-29(34-26)38-16-18-41-19-17-38)22-6-10-24(11-7-22)31-30(40)32-25-12-8-23(9-13-25)28(39)37(5)15-14-36(3)4/h6-13,21H,14-20H2,1-5H3,(H2,31,32,40). The zero-order chi connectivity index (χ0) is 29.4. The summed E-state index contributed by atoms with van der Waals surface area (Å²) in [5.74, 6) is 2.40. The summed E-state index contributed by atoms with van der Waals surface area (Å²) in [5, 5.41) is 5.66. The van der Waals surface area contributed by atoms with Crippen LogP contribution >= 0.6 is 0 Å². The molecule has 4 rings (SSSR count). The van der Waals surface area contributed by atoms with E-state index in [1.807, 2.05) is 43.3 Å². The molecule has 0 bridgehead atoms. The number of benzene rings is 2. The molecule has 0 radical (unpaired) electrons. The minimum absolute atomic E-state index is 0.0606. The monoisotopic (exact) mass is 560 g/mol. The number of nitrogens with zero attached hydrogens (tertiary/aromatic N) is 6. The molecule has 1 aliphatic rings. The van der Waals surface area contributed by atoms with Gasteiger partial charge < -0.3 is 30.1 Å². The molecule has 2 aromatic carbocycles. The number of carbonyl (C=O) groups is 2. The molecular formula is C30H40N8O3. The third kappa shape index (κ3) is 8.70. The fourth-order valence-corrected chi connectivity index (χ4v) is 4.26. The van der Waals surface area contributed by atoms with Crippen molar-refractivity contribution >= 4 is 29.3 Å². The van der Waals surface area contributed by atoms with Gasteiger partial charge in [0.25, 0.3) is 5.91 Å². The van der Waals surface area contributed by atoms with Crippen molar-refractivity contribution in [1.29, 1.82) is 0 Å². The average Bonchev–Trinajstić information content (AvgIpc) is 2.96. The first-order valence-corrected chi connectivity index (χ1v) is 13.9. The van der Waals surface area contributed by atoms with Gasteiger partial charge in [-0.15, -0.1) is 0 Å². The summed E-state index contributed by atoms with van der Waals surface area (Å²) in [6.07, 6.45) is 0.759. The maximum Gasteiger partial charge on any atom is 0.323 e. The fourth-order valence-electron chi connectivity index (χ4n) is 4.26. The van der Waals surface area contributed by atoms with Crippen LogP contribution in [0.5, 0.6) is 0 Å². The smallest absolute Gasteiger partial charge is 0.323 e. The number of nitrogens with one attached hydrogen (secondary N) is 2. The molecule has 2 heterocycles. The Hall–Kier alpha value is -4.09. The van der Waals surface area contributed by atoms with E-state index in [1.165, 1.54) is 0 Å². The largest absolute Gasteiger partial charge is 0.378 e. The molecule has 11 heteroatoms. The van der Waals surface area contributed by atoms with Crippen LogP contribution in [0.4, 0.5) is 22.1 Å². The van der Waals surface area contributed by atoms with Gasteiger partial charge in [0.2, 0.25) is 5.95 Å². The molecule has 0 saturated carbocycles. The molecule has 1 aromatic heterocycles. The van der Waals surface area contributed by atoms with Gasteiger partial charge in [0.15, 0.2) is 5.82 Å². The lowest BCUT2D eigenvalue weighted by Gasteiger charge is -2.27. The van der Waals surface area contributed by atoms with Gasteiger partial charge in [-0.25, -0.2) is 9.78 Å². The number of aromatic nitrogens is 3. The van der Waals surface area contributed by atoms with Crippen molar-refractivity contribution in [2.45, 2.75) is 20.3 Å². The molecule has 0 unspecified atom stereocenters. The topological polar surface area (TPSA) is 116 Å². The van der Waals surface area contributed by atoms with E-state index in [2.05, 4.69) is 29.4 Å². The number of hydrogen-bond acceptors (Lipinski definition) is 8. The summed E-state index contributed by atoms with van der Waals surface area (Å²) < 4.78 is 5.48. The molecule has 3 amide bonds. The number of anilines is 3. The Kier molecular flexibility index (Phi) is 10.2. The van der Waals surface area contributed by atoms with Crippen LogP contribution in [0.15, 0.2) is 48.5 Å². The number of hydrogen-bond donors (Lipinski definition) is 2. The summed E-state index contributed by atoms with van der Waals surface area (Å²) in [7, 11) is 5.73. The van der Waals surface area contributed by atoms with Gasteiger partial charge in [-0.3, -0.25) is 4.79 Å². The number of likely N-dealkylation sites (N-methyl/N-ethyl adjacent to an activating group) is 2. The summed E-state index contributed by atoms with van der Waals surface area (Å²) in [4.78, 5) is 45.3. The number of carbonyl (C=O) groups excluding carboxylic acids is 2. The molecule has 1 aliphatic heterocycles. The first-order chi connectivity index (χ1) is 19.7. The number of morpholine rings is 1. The number of urea groups is 1. The molecule has 0 spiro atoms. The fraction of sp³-hybridized carbons (Fsp3) is 0.433. The second kappa shape index (κ2) is 14.0. The Balaban J connectivity index is 1.38. The van der Waals surface area contributed by atoms with Crippen LogP contribution < -0.4 is 15.5 Å². The Morgan fingerprint density at radius 3 is 2.07 bits per heavy atom. The number of ether oxygens (including phenoxy) is 1. The molecule has 2 N–H and O–H groups in total. The molecule has 1 fully saturated rings. The number of amides is 3. The zero-order valence-corrected chi connectivity index (χ0v) is 24.6. The van der Waals surface area contributed by atoms with E-state index < -0.39 is 0 Å². The van der Waals surface area contributed by atoms with Crippen molar-refractivity contribution in [3.63, 3.8) is 0 Å². The summed E-state index contributed by atoms with van der Waals surface area (Å²) in [5.41, 5.74) is 2.63. The highest BCUT2D eigenvalue weighted by Gasteiger charge is 2.18. The second-order valence-corrected chi connectivity index (χ2v) is 10.8. The Morgan fingerprint density at radius 1 is 0.878 bits per heavy atom. The van der Waals surface area contributed by atoms with E-state index in [4.69, 9.17) is 19.7 Å². The molecule has 218 valence electrons. The van der Waals surface area contributed by atoms with Crippen molar-refractivity contribution in [2.24, 2.45) is 5.92 Å². The van der Waals surface area contributed by atoms with Gasteiger partial charge in [-0.2, -0.15) is 9.97 Å². The molecule has 1 saturated heterocycles. The van der Waals surface area contributed by atoms with Crippen molar-refractivity contribution in [2.75, 3.05) is 76.1 Å². The van der Waals surface area contributed by atoms with E-state index in [0.717, 1.165) is 37.4 Å². The molecule has 3 aromatic rings. The van der Waals surface area contributed by atoms with Crippen LogP contribution in [0, 0.1) is 5.92 Å². The average molecular weight is 561 g/mol. The van der Waals surface area contributed by atoms with Crippen LogP contribution in [-0.2, 0) is 11.2 Å². The number of rotatable bonds is 10. The second-order valence-electron chi connectivity index (χ2n) is 10.8. The van der Waals surface area contributed by atoms with Gasteiger partial charge in [0.1, 0.15) is 5.82 Å². The van der Waals surface area contributed by atoms with Gasteiger partial charge in [-0.05, 0) is 68.5 Å². The van der Waals surface area contributed by atoms with Crippen molar-refractivity contribution in [3.8, 4) is 11.4 Å². The summed E-state index contributed by atoms with van der Waals surface area (Å²) >= 11 is 0. The normalized spacial score (nSPS) is 13.4. The summed E-state index contributed by atoms with van der Waals surface area (Å²) in [6.45, 7) is 8.50. The predicted octanol–water partition coefficient (Wildman–Crippen LogP) is 3.85. The Labute approximate surface area is 241 Å². The maximum absolute atomic E-state index is 12.6. The molecule has 41 heavy (non-hydrogen) atoms. The van der Waals surface area contributed by atoms with Gasteiger partial charge >= 0.3 is 6.03 Å². The highest BCUT2D eigenvalue weighted by Crippen LogP contribution is 2.22. The van der Waals surface area contributed by atoms with E-state index >= 15 is 0 Å². The quantitative estimate of drug-likeness (QED) is 0.384.